The zero-order valence-corrected chi connectivity index (χ0v) is 13.5. The Morgan fingerprint density at radius 2 is 2.17 bits per heavy atom. The molecule has 0 saturated heterocycles. The van der Waals surface area contributed by atoms with Gasteiger partial charge in [-0.05, 0) is 54.7 Å². The number of hydrogen-bond donors (Lipinski definition) is 1. The largest absolute Gasteiger partial charge is 0.493 e. The number of methoxy groups -OCH3 is 1. The maximum Gasteiger partial charge on any atom is 0.248 e. The third kappa shape index (κ3) is 3.16. The molecule has 1 heterocycles. The van der Waals surface area contributed by atoms with Gasteiger partial charge in [-0.2, -0.15) is 0 Å². The Hall–Kier alpha value is -2.49. The van der Waals surface area contributed by atoms with Gasteiger partial charge < -0.3 is 15.2 Å². The number of rotatable bonds is 4. The van der Waals surface area contributed by atoms with Crippen molar-refractivity contribution in [2.75, 3.05) is 13.7 Å². The van der Waals surface area contributed by atoms with Gasteiger partial charge in [-0.25, -0.2) is 0 Å². The van der Waals surface area contributed by atoms with Crippen molar-refractivity contribution in [1.82, 2.24) is 0 Å². The van der Waals surface area contributed by atoms with Crippen LogP contribution in [0.2, 0.25) is 0 Å². The summed E-state index contributed by atoms with van der Waals surface area (Å²) in [6.07, 6.45) is 1.80. The van der Waals surface area contributed by atoms with E-state index in [4.69, 9.17) is 15.2 Å². The molecule has 120 valence electrons. The molecule has 2 aromatic carbocycles. The molecular formula is C19H21NO3. The van der Waals surface area contributed by atoms with Crippen LogP contribution in [0.4, 0.5) is 0 Å². The number of ether oxygens (including phenoxy) is 2. The summed E-state index contributed by atoms with van der Waals surface area (Å²) in [6, 6.07) is 11.6. The molecular weight excluding hydrogens is 290 g/mol. The third-order valence-corrected chi connectivity index (χ3v) is 4.39. The van der Waals surface area contributed by atoms with E-state index in [0.717, 1.165) is 29.9 Å². The number of benzene rings is 2. The van der Waals surface area contributed by atoms with Crippen LogP contribution in [0, 0.1) is 12.8 Å². The highest BCUT2D eigenvalue weighted by molar-refractivity contribution is 5.93. The maximum atomic E-state index is 11.4. The van der Waals surface area contributed by atoms with E-state index in [2.05, 4.69) is 13.0 Å². The lowest BCUT2D eigenvalue weighted by Crippen LogP contribution is -2.23. The summed E-state index contributed by atoms with van der Waals surface area (Å²) in [5.41, 5.74) is 9.44. The molecule has 4 heteroatoms. The van der Waals surface area contributed by atoms with Crippen molar-refractivity contribution in [1.29, 1.82) is 0 Å². The smallest absolute Gasteiger partial charge is 0.248 e. The molecule has 23 heavy (non-hydrogen) atoms. The number of amides is 1. The minimum atomic E-state index is -0.388. The second-order valence-corrected chi connectivity index (χ2v) is 6.04. The first-order valence-electron chi connectivity index (χ1n) is 7.76. The lowest BCUT2D eigenvalue weighted by molar-refractivity contribution is 0.1000. The second kappa shape index (κ2) is 6.32. The first kappa shape index (κ1) is 15.4. The average Bonchev–Trinajstić information content (AvgIpc) is 2.55. The second-order valence-electron chi connectivity index (χ2n) is 6.04. The Morgan fingerprint density at radius 3 is 2.91 bits per heavy atom. The number of hydrogen-bond acceptors (Lipinski definition) is 3. The Kier molecular flexibility index (Phi) is 4.24. The van der Waals surface area contributed by atoms with Crippen molar-refractivity contribution in [3.05, 3.63) is 58.7 Å². The molecule has 0 spiro atoms. The van der Waals surface area contributed by atoms with Gasteiger partial charge in [-0.3, -0.25) is 4.79 Å². The van der Waals surface area contributed by atoms with E-state index in [1.807, 2.05) is 24.3 Å². The van der Waals surface area contributed by atoms with Crippen LogP contribution in [0.3, 0.4) is 0 Å². The van der Waals surface area contributed by atoms with Gasteiger partial charge in [0.25, 0.3) is 0 Å². The fourth-order valence-corrected chi connectivity index (χ4v) is 3.10. The number of aryl methyl sites for hydroxylation is 1. The van der Waals surface area contributed by atoms with Crippen LogP contribution >= 0.6 is 0 Å². The summed E-state index contributed by atoms with van der Waals surface area (Å²) in [6.45, 7) is 2.70. The van der Waals surface area contributed by atoms with E-state index < -0.39 is 0 Å². The topological polar surface area (TPSA) is 61.6 Å². The molecule has 1 atom stereocenters. The summed E-state index contributed by atoms with van der Waals surface area (Å²) in [5, 5.41) is 0. The fourth-order valence-electron chi connectivity index (χ4n) is 3.10. The highest BCUT2D eigenvalue weighted by Gasteiger charge is 2.23. The molecule has 4 nitrogen and oxygen atoms in total. The van der Waals surface area contributed by atoms with Gasteiger partial charge in [0.2, 0.25) is 5.91 Å². The third-order valence-electron chi connectivity index (χ3n) is 4.39. The summed E-state index contributed by atoms with van der Waals surface area (Å²) in [7, 11) is 1.66. The molecule has 0 radical (unpaired) electrons. The SMILES string of the molecule is COc1cccc2c1OCC(Cc1cc(C(N)=O)ccc1C)C2. The van der Waals surface area contributed by atoms with Gasteiger partial charge in [0.05, 0.1) is 13.7 Å². The van der Waals surface area contributed by atoms with E-state index >= 15 is 0 Å². The normalized spacial score (nSPS) is 16.3. The molecule has 0 fully saturated rings. The lowest BCUT2D eigenvalue weighted by atomic mass is 9.88. The molecule has 2 aromatic rings. The van der Waals surface area contributed by atoms with Crippen molar-refractivity contribution >= 4 is 5.91 Å². The number of primary amides is 1. The Balaban J connectivity index is 1.80. The number of fused-ring (bicyclic) bond motifs is 1. The molecule has 1 unspecified atom stereocenters. The summed E-state index contributed by atoms with van der Waals surface area (Å²) >= 11 is 0. The van der Waals surface area contributed by atoms with Crippen LogP contribution in [0.1, 0.15) is 27.0 Å². The highest BCUT2D eigenvalue weighted by atomic mass is 16.5. The molecule has 0 bridgehead atoms. The monoisotopic (exact) mass is 311 g/mol. The first-order chi connectivity index (χ1) is 11.1. The molecule has 1 aliphatic rings. The van der Waals surface area contributed by atoms with Crippen LogP contribution in [-0.2, 0) is 12.8 Å². The minimum Gasteiger partial charge on any atom is -0.493 e. The van der Waals surface area contributed by atoms with E-state index in [1.165, 1.54) is 11.1 Å². The van der Waals surface area contributed by atoms with Gasteiger partial charge in [0, 0.05) is 11.5 Å². The summed E-state index contributed by atoms with van der Waals surface area (Å²) in [4.78, 5) is 11.4. The van der Waals surface area contributed by atoms with Crippen LogP contribution < -0.4 is 15.2 Å². The zero-order valence-electron chi connectivity index (χ0n) is 13.5. The van der Waals surface area contributed by atoms with Crippen molar-refractivity contribution in [2.24, 2.45) is 11.7 Å². The standard InChI is InChI=1S/C19H21NO3/c1-12-6-7-15(19(20)21)10-16(12)9-13-8-14-4-3-5-17(22-2)18(14)23-11-13/h3-7,10,13H,8-9,11H2,1-2H3,(H2,20,21). The molecule has 3 rings (SSSR count). The van der Waals surface area contributed by atoms with Crippen molar-refractivity contribution in [3.63, 3.8) is 0 Å². The number of carbonyl (C=O) groups is 1. The van der Waals surface area contributed by atoms with Crippen molar-refractivity contribution < 1.29 is 14.3 Å². The molecule has 1 aliphatic heterocycles. The quantitative estimate of drug-likeness (QED) is 0.944. The zero-order chi connectivity index (χ0) is 16.4. The Labute approximate surface area is 136 Å². The van der Waals surface area contributed by atoms with E-state index in [-0.39, 0.29) is 5.91 Å². The van der Waals surface area contributed by atoms with E-state index in [0.29, 0.717) is 18.1 Å². The Bertz CT molecular complexity index is 739. The average molecular weight is 311 g/mol. The number of para-hydroxylation sites is 1. The number of nitrogens with two attached hydrogens (primary N) is 1. The van der Waals surface area contributed by atoms with Gasteiger partial charge in [0.15, 0.2) is 11.5 Å². The minimum absolute atomic E-state index is 0.372. The predicted octanol–water partition coefficient (Wildman–Crippen LogP) is 2.90. The molecule has 2 N–H and O–H groups in total. The van der Waals surface area contributed by atoms with Gasteiger partial charge in [0.1, 0.15) is 0 Å². The highest BCUT2D eigenvalue weighted by Crippen LogP contribution is 2.36. The summed E-state index contributed by atoms with van der Waals surface area (Å²) in [5.74, 6) is 1.62. The Morgan fingerprint density at radius 1 is 1.35 bits per heavy atom. The first-order valence-corrected chi connectivity index (χ1v) is 7.76. The van der Waals surface area contributed by atoms with Gasteiger partial charge in [-0.1, -0.05) is 18.2 Å². The lowest BCUT2D eigenvalue weighted by Gasteiger charge is -2.27. The molecule has 1 amide bonds. The fraction of sp³-hybridized carbons (Fsp3) is 0.316. The van der Waals surface area contributed by atoms with Crippen LogP contribution in [0.5, 0.6) is 11.5 Å². The van der Waals surface area contributed by atoms with E-state index in [1.54, 1.807) is 13.2 Å². The molecule has 0 aromatic heterocycles. The predicted molar refractivity (Wildman–Crippen MR) is 89.1 cm³/mol. The van der Waals surface area contributed by atoms with Crippen molar-refractivity contribution in [3.8, 4) is 11.5 Å². The molecule has 0 saturated carbocycles. The maximum absolute atomic E-state index is 11.4. The van der Waals surface area contributed by atoms with Crippen LogP contribution in [0.15, 0.2) is 36.4 Å². The van der Waals surface area contributed by atoms with Crippen LogP contribution in [-0.4, -0.2) is 19.6 Å². The molecule has 0 aliphatic carbocycles. The summed E-state index contributed by atoms with van der Waals surface area (Å²) < 4.78 is 11.3. The van der Waals surface area contributed by atoms with Gasteiger partial charge in [-0.15, -0.1) is 0 Å². The van der Waals surface area contributed by atoms with E-state index in [9.17, 15) is 4.79 Å². The van der Waals surface area contributed by atoms with Crippen LogP contribution in [0.25, 0.3) is 0 Å². The van der Waals surface area contributed by atoms with Gasteiger partial charge >= 0.3 is 0 Å². The van der Waals surface area contributed by atoms with Crippen molar-refractivity contribution in [2.45, 2.75) is 19.8 Å². The number of carbonyl (C=O) groups excluding carboxylic acids is 1.